The molecule has 33 heavy (non-hydrogen) atoms. The zero-order valence-electron chi connectivity index (χ0n) is 18.4. The Bertz CT molecular complexity index is 1230. The van der Waals surface area contributed by atoms with Gasteiger partial charge in [0.05, 0.1) is 12.8 Å². The van der Waals surface area contributed by atoms with Crippen molar-refractivity contribution in [2.45, 2.75) is 12.1 Å². The molecule has 0 bridgehead atoms. The van der Waals surface area contributed by atoms with Gasteiger partial charge in [-0.25, -0.2) is 5.01 Å². The molecule has 0 aromatic heterocycles. The molecule has 1 aliphatic heterocycles. The molecule has 0 amide bonds. The molecule has 0 spiro atoms. The lowest BCUT2D eigenvalue weighted by molar-refractivity contribution is 0.347. The number of ether oxygens (including phenoxy) is 1. The van der Waals surface area contributed by atoms with Crippen LogP contribution in [0.5, 0.6) is 5.75 Å². The van der Waals surface area contributed by atoms with Crippen LogP contribution in [0.15, 0.2) is 109 Å². The third-order valence-corrected chi connectivity index (χ3v) is 6.24. The van der Waals surface area contributed by atoms with E-state index in [-0.39, 0.29) is 0 Å². The predicted octanol–water partition coefficient (Wildman–Crippen LogP) is 5.66. The lowest BCUT2D eigenvalue weighted by atomic mass is 9.91. The van der Waals surface area contributed by atoms with Gasteiger partial charge in [-0.15, -0.1) is 0 Å². The minimum absolute atomic E-state index is 0.576. The Labute approximate surface area is 199 Å². The lowest BCUT2D eigenvalue weighted by Gasteiger charge is -2.31. The summed E-state index contributed by atoms with van der Waals surface area (Å²) in [7, 11) is 1.67. The fourth-order valence-corrected chi connectivity index (χ4v) is 4.55. The molecule has 1 fully saturated rings. The van der Waals surface area contributed by atoms with E-state index in [2.05, 4.69) is 83.5 Å². The quantitative estimate of drug-likeness (QED) is 0.370. The number of hydrogen-bond acceptors (Lipinski definition) is 3. The zero-order chi connectivity index (χ0) is 22.7. The highest BCUT2D eigenvalue weighted by molar-refractivity contribution is 7.80. The molecule has 1 atom stereocenters. The maximum absolute atomic E-state index is 5.77. The summed E-state index contributed by atoms with van der Waals surface area (Å²) in [5.41, 5.74) is 8.75. The van der Waals surface area contributed by atoms with Crippen molar-refractivity contribution in [3.63, 3.8) is 0 Å². The van der Waals surface area contributed by atoms with Crippen LogP contribution in [0.3, 0.4) is 0 Å². The Balaban J connectivity index is 1.51. The topological polar surface area (TPSA) is 36.5 Å². The number of benzene rings is 4. The molecule has 4 aromatic rings. The summed E-state index contributed by atoms with van der Waals surface area (Å²) < 4.78 is 5.31. The van der Waals surface area contributed by atoms with Crippen molar-refractivity contribution < 1.29 is 4.74 Å². The van der Waals surface area contributed by atoms with Gasteiger partial charge in [0.1, 0.15) is 11.4 Å². The van der Waals surface area contributed by atoms with Crippen molar-refractivity contribution >= 4 is 23.0 Å². The van der Waals surface area contributed by atoms with E-state index in [1.54, 1.807) is 7.11 Å². The summed E-state index contributed by atoms with van der Waals surface area (Å²) in [6.07, 6.45) is 0.727. The van der Waals surface area contributed by atoms with Gasteiger partial charge in [-0.1, -0.05) is 84.9 Å². The molecule has 5 heteroatoms. The first-order valence-electron chi connectivity index (χ1n) is 10.9. The Kier molecular flexibility index (Phi) is 5.82. The van der Waals surface area contributed by atoms with E-state index in [9.17, 15) is 0 Å². The van der Waals surface area contributed by atoms with E-state index in [0.29, 0.717) is 5.11 Å². The summed E-state index contributed by atoms with van der Waals surface area (Å²) in [5.74, 6) is 0.809. The van der Waals surface area contributed by atoms with Crippen LogP contribution in [-0.2, 0) is 12.1 Å². The van der Waals surface area contributed by atoms with Gasteiger partial charge in [0.25, 0.3) is 0 Å². The molecule has 5 rings (SSSR count). The van der Waals surface area contributed by atoms with Crippen molar-refractivity contribution in [3.05, 3.63) is 120 Å². The fourth-order valence-electron chi connectivity index (χ4n) is 4.22. The Morgan fingerprint density at radius 2 is 1.36 bits per heavy atom. The van der Waals surface area contributed by atoms with Gasteiger partial charge in [-0.3, -0.25) is 0 Å². The number of anilines is 1. The zero-order valence-corrected chi connectivity index (χ0v) is 19.2. The maximum Gasteiger partial charge on any atom is 0.190 e. The number of thiocarbonyl (C=S) groups is 1. The van der Waals surface area contributed by atoms with Gasteiger partial charge in [-0.05, 0) is 58.7 Å². The van der Waals surface area contributed by atoms with Crippen molar-refractivity contribution in [1.29, 1.82) is 0 Å². The second kappa shape index (κ2) is 9.06. The van der Waals surface area contributed by atoms with E-state index >= 15 is 0 Å². The van der Waals surface area contributed by atoms with Crippen LogP contribution in [0.2, 0.25) is 0 Å². The van der Waals surface area contributed by atoms with Gasteiger partial charge in [-0.2, -0.15) is 5.43 Å². The average molecular weight is 452 g/mol. The van der Waals surface area contributed by atoms with E-state index < -0.39 is 5.66 Å². The number of methoxy groups -OCH3 is 1. The Hall–Kier alpha value is -3.67. The first-order valence-corrected chi connectivity index (χ1v) is 11.3. The van der Waals surface area contributed by atoms with Crippen molar-refractivity contribution in [2.75, 3.05) is 12.1 Å². The molecule has 0 radical (unpaired) electrons. The van der Waals surface area contributed by atoms with Crippen LogP contribution in [0.25, 0.3) is 11.1 Å². The highest BCUT2D eigenvalue weighted by atomic mass is 32.1. The molecule has 1 unspecified atom stereocenters. The second-order valence-electron chi connectivity index (χ2n) is 8.09. The predicted molar refractivity (Wildman–Crippen MR) is 138 cm³/mol. The molecule has 2 N–H and O–H groups in total. The molecule has 4 aromatic carbocycles. The minimum atomic E-state index is -0.576. The molecule has 1 saturated heterocycles. The molecular weight excluding hydrogens is 426 g/mol. The van der Waals surface area contributed by atoms with Crippen molar-refractivity contribution in [1.82, 2.24) is 10.7 Å². The number of nitrogens with zero attached hydrogens (tertiary/aromatic N) is 1. The SMILES string of the molecule is COc1ccc(N2NC(Cc3ccccc3)(c3ccc(-c4ccccc4)cc3)NC2=S)cc1. The van der Waals surface area contributed by atoms with Crippen LogP contribution < -0.4 is 20.5 Å². The van der Waals surface area contributed by atoms with Gasteiger partial charge in [0.15, 0.2) is 5.11 Å². The Morgan fingerprint density at radius 1 is 0.758 bits per heavy atom. The van der Waals surface area contributed by atoms with Gasteiger partial charge in [0.2, 0.25) is 0 Å². The van der Waals surface area contributed by atoms with Crippen LogP contribution in [-0.4, -0.2) is 12.2 Å². The molecular formula is C28H25N3OS. The summed E-state index contributed by atoms with van der Waals surface area (Å²) in [4.78, 5) is 0. The highest BCUT2D eigenvalue weighted by Crippen LogP contribution is 2.32. The lowest BCUT2D eigenvalue weighted by Crippen LogP contribution is -2.50. The fraction of sp³-hybridized carbons (Fsp3) is 0.107. The van der Waals surface area contributed by atoms with Gasteiger partial charge < -0.3 is 10.1 Å². The monoisotopic (exact) mass is 451 g/mol. The van der Waals surface area contributed by atoms with Crippen molar-refractivity contribution in [2.24, 2.45) is 0 Å². The van der Waals surface area contributed by atoms with E-state index in [0.717, 1.165) is 23.4 Å². The summed E-state index contributed by atoms with van der Waals surface area (Å²) >= 11 is 5.77. The molecule has 1 heterocycles. The molecule has 0 aliphatic carbocycles. The summed E-state index contributed by atoms with van der Waals surface area (Å²) in [6.45, 7) is 0. The van der Waals surface area contributed by atoms with E-state index in [1.807, 2.05) is 41.4 Å². The van der Waals surface area contributed by atoms with Crippen LogP contribution >= 0.6 is 12.2 Å². The molecule has 4 nitrogen and oxygen atoms in total. The first kappa shape index (κ1) is 21.2. The number of rotatable bonds is 6. The summed E-state index contributed by atoms with van der Waals surface area (Å²) in [5, 5.41) is 6.14. The highest BCUT2D eigenvalue weighted by Gasteiger charge is 2.42. The normalized spacial score (nSPS) is 17.6. The summed E-state index contributed by atoms with van der Waals surface area (Å²) in [6, 6.07) is 37.4. The maximum atomic E-state index is 5.77. The van der Waals surface area contributed by atoms with Crippen LogP contribution in [0, 0.1) is 0 Å². The van der Waals surface area contributed by atoms with Gasteiger partial charge >= 0.3 is 0 Å². The largest absolute Gasteiger partial charge is 0.497 e. The molecule has 0 saturated carbocycles. The van der Waals surface area contributed by atoms with E-state index in [1.165, 1.54) is 16.7 Å². The number of hydrogen-bond donors (Lipinski definition) is 2. The molecule has 1 aliphatic rings. The standard InChI is InChI=1S/C28H25N3OS/c1-32-26-18-16-25(17-19-26)31-27(33)29-28(30-31,20-21-8-4-2-5-9-21)24-14-12-23(13-15-24)22-10-6-3-7-11-22/h2-19,30H,20H2,1H3,(H,29,33). The Morgan fingerprint density at radius 3 is 2.00 bits per heavy atom. The van der Waals surface area contributed by atoms with Crippen molar-refractivity contribution in [3.8, 4) is 16.9 Å². The average Bonchev–Trinajstić information content (AvgIpc) is 3.22. The minimum Gasteiger partial charge on any atom is -0.497 e. The van der Waals surface area contributed by atoms with Gasteiger partial charge in [0, 0.05) is 6.42 Å². The number of nitrogens with one attached hydrogen (secondary N) is 2. The smallest absolute Gasteiger partial charge is 0.190 e. The second-order valence-corrected chi connectivity index (χ2v) is 8.47. The third-order valence-electron chi connectivity index (χ3n) is 5.95. The van der Waals surface area contributed by atoms with Crippen LogP contribution in [0.4, 0.5) is 5.69 Å². The third kappa shape index (κ3) is 4.33. The van der Waals surface area contributed by atoms with E-state index in [4.69, 9.17) is 17.0 Å². The van der Waals surface area contributed by atoms with Crippen LogP contribution in [0.1, 0.15) is 11.1 Å². The number of hydrazine groups is 1. The first-order chi connectivity index (χ1) is 16.2. The molecule has 164 valence electrons.